The van der Waals surface area contributed by atoms with Crippen LogP contribution < -0.4 is 5.32 Å². The summed E-state index contributed by atoms with van der Waals surface area (Å²) in [6.45, 7) is 3.89. The molecule has 5 heteroatoms. The third-order valence-corrected chi connectivity index (χ3v) is 2.18. The Balaban J connectivity index is 2.88. The number of anilines is 1. The third kappa shape index (κ3) is 2.90. The summed E-state index contributed by atoms with van der Waals surface area (Å²) in [5, 5.41) is 13.3. The summed E-state index contributed by atoms with van der Waals surface area (Å²) in [5.74, 6) is -0.593. The zero-order valence-corrected chi connectivity index (χ0v) is 8.66. The molecule has 0 heterocycles. The lowest BCUT2D eigenvalue weighted by molar-refractivity contribution is -0.385. The average molecular weight is 212 g/mol. The zero-order chi connectivity index (χ0) is 11.4. The van der Waals surface area contributed by atoms with Crippen LogP contribution in [-0.2, 0) is 0 Å². The first-order valence-electron chi connectivity index (χ1n) is 4.75. The van der Waals surface area contributed by atoms with Crippen LogP contribution in [0.25, 0.3) is 0 Å². The molecule has 0 bridgehead atoms. The second-order valence-electron chi connectivity index (χ2n) is 3.37. The van der Waals surface area contributed by atoms with Crippen molar-refractivity contribution in [1.82, 2.24) is 0 Å². The van der Waals surface area contributed by atoms with Crippen LogP contribution >= 0.6 is 0 Å². The minimum absolute atomic E-state index is 0.140. The SMILES string of the molecule is CCC(C)Nc1ccc([N+](=O)[O-])cc1F. The van der Waals surface area contributed by atoms with E-state index in [1.165, 1.54) is 12.1 Å². The molecule has 0 amide bonds. The lowest BCUT2D eigenvalue weighted by atomic mass is 10.2. The molecule has 4 nitrogen and oxygen atoms in total. The maximum absolute atomic E-state index is 13.3. The van der Waals surface area contributed by atoms with Gasteiger partial charge in [-0.05, 0) is 19.4 Å². The first kappa shape index (κ1) is 11.4. The van der Waals surface area contributed by atoms with E-state index in [-0.39, 0.29) is 11.7 Å². The van der Waals surface area contributed by atoms with Crippen molar-refractivity contribution in [3.05, 3.63) is 34.1 Å². The molecular formula is C10H13FN2O2. The molecule has 0 fully saturated rings. The lowest BCUT2D eigenvalue weighted by Gasteiger charge is -2.13. The van der Waals surface area contributed by atoms with Crippen LogP contribution in [0, 0.1) is 15.9 Å². The molecule has 0 aliphatic rings. The Morgan fingerprint density at radius 3 is 2.73 bits per heavy atom. The predicted molar refractivity (Wildman–Crippen MR) is 56.4 cm³/mol. The highest BCUT2D eigenvalue weighted by Gasteiger charge is 2.11. The van der Waals surface area contributed by atoms with Crippen molar-refractivity contribution >= 4 is 11.4 Å². The number of non-ortho nitro benzene ring substituents is 1. The number of nitro benzene ring substituents is 1. The summed E-state index contributed by atoms with van der Waals surface area (Å²) in [7, 11) is 0. The van der Waals surface area contributed by atoms with Crippen LogP contribution in [0.15, 0.2) is 18.2 Å². The van der Waals surface area contributed by atoms with E-state index >= 15 is 0 Å². The molecule has 0 saturated heterocycles. The highest BCUT2D eigenvalue weighted by molar-refractivity contribution is 5.50. The molecule has 1 N–H and O–H groups in total. The Kier molecular flexibility index (Phi) is 3.60. The Morgan fingerprint density at radius 2 is 2.27 bits per heavy atom. The molecule has 0 radical (unpaired) electrons. The highest BCUT2D eigenvalue weighted by Crippen LogP contribution is 2.21. The van der Waals surface area contributed by atoms with E-state index in [0.29, 0.717) is 5.69 Å². The quantitative estimate of drug-likeness (QED) is 0.616. The van der Waals surface area contributed by atoms with Crippen molar-refractivity contribution in [2.45, 2.75) is 26.3 Å². The fourth-order valence-corrected chi connectivity index (χ4v) is 1.10. The minimum Gasteiger partial charge on any atom is -0.380 e. The molecule has 0 aliphatic heterocycles. The molecule has 1 rings (SSSR count). The van der Waals surface area contributed by atoms with Crippen LogP contribution in [0.1, 0.15) is 20.3 Å². The van der Waals surface area contributed by atoms with Crippen LogP contribution in [0.4, 0.5) is 15.8 Å². The van der Waals surface area contributed by atoms with Gasteiger partial charge in [-0.3, -0.25) is 10.1 Å². The number of hydrogen-bond acceptors (Lipinski definition) is 3. The Bertz CT molecular complexity index is 368. The van der Waals surface area contributed by atoms with Crippen molar-refractivity contribution in [2.24, 2.45) is 0 Å². The molecule has 15 heavy (non-hydrogen) atoms. The molecule has 0 spiro atoms. The minimum atomic E-state index is -0.615. The van der Waals surface area contributed by atoms with Gasteiger partial charge >= 0.3 is 0 Å². The van der Waals surface area contributed by atoms with Crippen LogP contribution in [0.2, 0.25) is 0 Å². The second kappa shape index (κ2) is 4.72. The average Bonchev–Trinajstić information content (AvgIpc) is 2.20. The summed E-state index contributed by atoms with van der Waals surface area (Å²) in [5.41, 5.74) is 0.0668. The van der Waals surface area contributed by atoms with Crippen LogP contribution in [0.3, 0.4) is 0 Å². The molecule has 0 aliphatic carbocycles. The smallest absolute Gasteiger partial charge is 0.272 e. The first-order chi connectivity index (χ1) is 7.04. The number of hydrogen-bond donors (Lipinski definition) is 1. The molecule has 1 aromatic carbocycles. The Morgan fingerprint density at radius 1 is 1.60 bits per heavy atom. The number of benzene rings is 1. The van der Waals surface area contributed by atoms with E-state index in [1.807, 2.05) is 13.8 Å². The van der Waals surface area contributed by atoms with Gasteiger partial charge < -0.3 is 5.32 Å². The summed E-state index contributed by atoms with van der Waals surface area (Å²) in [4.78, 5) is 9.75. The van der Waals surface area contributed by atoms with Gasteiger partial charge in [0.15, 0.2) is 5.82 Å². The lowest BCUT2D eigenvalue weighted by Crippen LogP contribution is -2.14. The van der Waals surface area contributed by atoms with Crippen LogP contribution in [-0.4, -0.2) is 11.0 Å². The van der Waals surface area contributed by atoms with Crippen molar-refractivity contribution < 1.29 is 9.31 Å². The molecule has 0 aromatic heterocycles. The Labute approximate surface area is 87.3 Å². The fraction of sp³-hybridized carbons (Fsp3) is 0.400. The van der Waals surface area contributed by atoms with E-state index in [0.717, 1.165) is 12.5 Å². The standard InChI is InChI=1S/C10H13FN2O2/c1-3-7(2)12-10-5-4-8(13(14)15)6-9(10)11/h4-7,12H,3H2,1-2H3. The monoisotopic (exact) mass is 212 g/mol. The number of halogens is 1. The number of nitrogens with one attached hydrogen (secondary N) is 1. The maximum atomic E-state index is 13.3. The highest BCUT2D eigenvalue weighted by atomic mass is 19.1. The third-order valence-electron chi connectivity index (χ3n) is 2.18. The summed E-state index contributed by atoms with van der Waals surface area (Å²) in [6.07, 6.45) is 0.858. The van der Waals surface area contributed by atoms with E-state index in [4.69, 9.17) is 0 Å². The second-order valence-corrected chi connectivity index (χ2v) is 3.37. The molecule has 1 atom stereocenters. The molecule has 82 valence electrons. The van der Waals surface area contributed by atoms with Gasteiger partial charge in [0.25, 0.3) is 5.69 Å². The van der Waals surface area contributed by atoms with Crippen molar-refractivity contribution in [3.8, 4) is 0 Å². The van der Waals surface area contributed by atoms with Crippen molar-refractivity contribution in [3.63, 3.8) is 0 Å². The molecule has 1 aromatic rings. The summed E-state index contributed by atoms with van der Waals surface area (Å²) < 4.78 is 13.3. The van der Waals surface area contributed by atoms with Crippen LogP contribution in [0.5, 0.6) is 0 Å². The zero-order valence-electron chi connectivity index (χ0n) is 8.66. The fourth-order valence-electron chi connectivity index (χ4n) is 1.10. The number of nitrogens with zero attached hydrogens (tertiary/aromatic N) is 1. The maximum Gasteiger partial charge on any atom is 0.272 e. The van der Waals surface area contributed by atoms with Gasteiger partial charge in [-0.1, -0.05) is 6.92 Å². The van der Waals surface area contributed by atoms with Gasteiger partial charge in [-0.25, -0.2) is 4.39 Å². The van der Waals surface area contributed by atoms with Gasteiger partial charge in [-0.15, -0.1) is 0 Å². The summed E-state index contributed by atoms with van der Waals surface area (Å²) >= 11 is 0. The van der Waals surface area contributed by atoms with Crippen molar-refractivity contribution in [1.29, 1.82) is 0 Å². The largest absolute Gasteiger partial charge is 0.380 e. The normalized spacial score (nSPS) is 12.2. The molecule has 1 unspecified atom stereocenters. The van der Waals surface area contributed by atoms with E-state index in [9.17, 15) is 14.5 Å². The van der Waals surface area contributed by atoms with Gasteiger partial charge in [0.1, 0.15) is 0 Å². The predicted octanol–water partition coefficient (Wildman–Crippen LogP) is 2.94. The molecule has 0 saturated carbocycles. The summed E-state index contributed by atoms with van der Waals surface area (Å²) in [6, 6.07) is 3.74. The van der Waals surface area contributed by atoms with Crippen molar-refractivity contribution in [2.75, 3.05) is 5.32 Å². The van der Waals surface area contributed by atoms with Gasteiger partial charge in [-0.2, -0.15) is 0 Å². The first-order valence-corrected chi connectivity index (χ1v) is 4.75. The van der Waals surface area contributed by atoms with Gasteiger partial charge in [0, 0.05) is 12.1 Å². The number of nitro groups is 1. The van der Waals surface area contributed by atoms with E-state index in [1.54, 1.807) is 0 Å². The topological polar surface area (TPSA) is 55.2 Å². The van der Waals surface area contributed by atoms with Gasteiger partial charge in [0.2, 0.25) is 0 Å². The Hall–Kier alpha value is -1.65. The molecular weight excluding hydrogens is 199 g/mol. The van der Waals surface area contributed by atoms with E-state index < -0.39 is 10.7 Å². The number of rotatable bonds is 4. The van der Waals surface area contributed by atoms with E-state index in [2.05, 4.69) is 5.32 Å². The van der Waals surface area contributed by atoms with Gasteiger partial charge in [0.05, 0.1) is 16.7 Å².